The fourth-order valence-corrected chi connectivity index (χ4v) is 3.89. The number of rotatable bonds is 6. The number of piperazine rings is 1. The van der Waals surface area contributed by atoms with Crippen LogP contribution in [0.1, 0.15) is 25.3 Å². The molecule has 2 heterocycles. The molecule has 0 saturated carbocycles. The Bertz CT molecular complexity index is 612. The zero-order chi connectivity index (χ0) is 19.1. The maximum absolute atomic E-state index is 9.74. The lowest BCUT2D eigenvalue weighted by Gasteiger charge is -2.36. The maximum atomic E-state index is 9.74. The highest BCUT2D eigenvalue weighted by atomic mass is 16.3. The van der Waals surface area contributed by atoms with Crippen LogP contribution in [0, 0.1) is 6.92 Å². The van der Waals surface area contributed by atoms with Crippen molar-refractivity contribution < 1.29 is 5.11 Å². The molecule has 1 aromatic rings. The van der Waals surface area contributed by atoms with Gasteiger partial charge in [0.05, 0.1) is 6.10 Å². The minimum atomic E-state index is -0.210. The first-order valence-corrected chi connectivity index (χ1v) is 10.4. The first kappa shape index (κ1) is 20.0. The molecule has 6 heteroatoms. The molecular weight excluding hydrogens is 338 g/mol. The van der Waals surface area contributed by atoms with E-state index in [4.69, 9.17) is 4.99 Å². The highest BCUT2D eigenvalue weighted by Gasteiger charge is 2.22. The summed E-state index contributed by atoms with van der Waals surface area (Å²) < 4.78 is 0. The first-order chi connectivity index (χ1) is 13.2. The van der Waals surface area contributed by atoms with Gasteiger partial charge >= 0.3 is 0 Å². The molecule has 0 amide bonds. The van der Waals surface area contributed by atoms with E-state index in [-0.39, 0.29) is 6.10 Å². The minimum absolute atomic E-state index is 0.210. The Morgan fingerprint density at radius 1 is 1.22 bits per heavy atom. The van der Waals surface area contributed by atoms with E-state index < -0.39 is 0 Å². The number of aliphatic hydroxyl groups is 1. The number of hydrogen-bond donors (Lipinski definition) is 2. The molecule has 0 spiro atoms. The molecule has 3 rings (SSSR count). The smallest absolute Gasteiger partial charge is 0.194 e. The lowest BCUT2D eigenvalue weighted by molar-refractivity contribution is 0.187. The molecule has 2 saturated heterocycles. The third-order valence-corrected chi connectivity index (χ3v) is 5.43. The monoisotopic (exact) mass is 373 g/mol. The fraction of sp³-hybridized carbons (Fsp3) is 0.667. The Hall–Kier alpha value is -1.79. The molecule has 0 aromatic heterocycles. The summed E-state index contributed by atoms with van der Waals surface area (Å²) in [5.74, 6) is 0.957. The van der Waals surface area contributed by atoms with Gasteiger partial charge < -0.3 is 20.2 Å². The molecule has 6 nitrogen and oxygen atoms in total. The number of aliphatic hydroxyl groups excluding tert-OH is 1. The second kappa shape index (κ2) is 9.95. The highest BCUT2D eigenvalue weighted by molar-refractivity contribution is 5.80. The van der Waals surface area contributed by atoms with E-state index in [1.54, 1.807) is 0 Å². The number of guanidine groups is 1. The van der Waals surface area contributed by atoms with Crippen LogP contribution in [0.5, 0.6) is 0 Å². The van der Waals surface area contributed by atoms with Crippen molar-refractivity contribution in [3.05, 3.63) is 29.8 Å². The minimum Gasteiger partial charge on any atom is -0.391 e. The standard InChI is InChI=1S/C21H35N5O/c1-3-22-21(26-11-8-20(27)17-26)23-9-5-10-24-12-14-25(15-13-24)19-7-4-6-18(2)16-19/h4,6-7,16,20,27H,3,5,8-15,17H2,1-2H3,(H,22,23)/t20-/m1/s1. The van der Waals surface area contributed by atoms with Crippen molar-refractivity contribution in [2.45, 2.75) is 32.8 Å². The molecule has 2 fully saturated rings. The number of β-amino-alcohol motifs (C(OH)–C–C–N with tert-alkyl or cyclic N) is 1. The van der Waals surface area contributed by atoms with Crippen LogP contribution in [0.15, 0.2) is 29.3 Å². The zero-order valence-electron chi connectivity index (χ0n) is 16.9. The normalized spacial score (nSPS) is 21.7. The Morgan fingerprint density at radius 3 is 2.70 bits per heavy atom. The zero-order valence-corrected chi connectivity index (χ0v) is 16.9. The number of likely N-dealkylation sites (tertiary alicyclic amines) is 1. The van der Waals surface area contributed by atoms with Crippen molar-refractivity contribution in [1.29, 1.82) is 0 Å². The van der Waals surface area contributed by atoms with Crippen LogP contribution >= 0.6 is 0 Å². The maximum Gasteiger partial charge on any atom is 0.194 e. The van der Waals surface area contributed by atoms with Gasteiger partial charge in [0.25, 0.3) is 0 Å². The first-order valence-electron chi connectivity index (χ1n) is 10.4. The average Bonchev–Trinajstić information content (AvgIpc) is 3.11. The molecule has 0 unspecified atom stereocenters. The predicted octanol–water partition coefficient (Wildman–Crippen LogP) is 1.54. The van der Waals surface area contributed by atoms with Crippen molar-refractivity contribution >= 4 is 11.6 Å². The van der Waals surface area contributed by atoms with Crippen LogP contribution in [-0.2, 0) is 0 Å². The number of nitrogens with one attached hydrogen (secondary N) is 1. The van der Waals surface area contributed by atoms with E-state index in [0.29, 0.717) is 6.54 Å². The van der Waals surface area contributed by atoms with E-state index in [9.17, 15) is 5.11 Å². The summed E-state index contributed by atoms with van der Waals surface area (Å²) in [7, 11) is 0. The Morgan fingerprint density at radius 2 is 2.04 bits per heavy atom. The summed E-state index contributed by atoms with van der Waals surface area (Å²) in [4.78, 5) is 12.0. The Kier molecular flexibility index (Phi) is 7.35. The number of aliphatic imine (C=N–C) groups is 1. The van der Waals surface area contributed by atoms with Crippen LogP contribution < -0.4 is 10.2 Å². The summed E-state index contributed by atoms with van der Waals surface area (Å²) in [5.41, 5.74) is 2.68. The Balaban J connectivity index is 1.39. The fourth-order valence-electron chi connectivity index (χ4n) is 3.89. The molecule has 2 aliphatic rings. The molecular formula is C21H35N5O. The van der Waals surface area contributed by atoms with Gasteiger partial charge in [-0.1, -0.05) is 12.1 Å². The predicted molar refractivity (Wildman–Crippen MR) is 113 cm³/mol. The van der Waals surface area contributed by atoms with E-state index in [1.807, 2.05) is 0 Å². The third-order valence-electron chi connectivity index (χ3n) is 5.43. The second-order valence-corrected chi connectivity index (χ2v) is 7.65. The summed E-state index contributed by atoms with van der Waals surface area (Å²) in [6.07, 6.45) is 1.71. The summed E-state index contributed by atoms with van der Waals surface area (Å²) in [6.45, 7) is 13.1. The van der Waals surface area contributed by atoms with Crippen molar-refractivity contribution in [1.82, 2.24) is 15.1 Å². The van der Waals surface area contributed by atoms with Gasteiger partial charge in [-0.2, -0.15) is 0 Å². The lowest BCUT2D eigenvalue weighted by Crippen LogP contribution is -2.46. The molecule has 150 valence electrons. The van der Waals surface area contributed by atoms with Gasteiger partial charge in [0.15, 0.2) is 5.96 Å². The van der Waals surface area contributed by atoms with Gasteiger partial charge in [-0.05, 0) is 44.4 Å². The number of anilines is 1. The molecule has 2 N–H and O–H groups in total. The lowest BCUT2D eigenvalue weighted by atomic mass is 10.2. The number of aryl methyl sites for hydroxylation is 1. The van der Waals surface area contributed by atoms with Crippen LogP contribution in [0.2, 0.25) is 0 Å². The third kappa shape index (κ3) is 5.84. The molecule has 0 radical (unpaired) electrons. The van der Waals surface area contributed by atoms with Gasteiger partial charge in [0.2, 0.25) is 0 Å². The van der Waals surface area contributed by atoms with E-state index in [1.165, 1.54) is 11.3 Å². The second-order valence-electron chi connectivity index (χ2n) is 7.65. The topological polar surface area (TPSA) is 54.3 Å². The number of nitrogens with zero attached hydrogens (tertiary/aromatic N) is 4. The summed E-state index contributed by atoms with van der Waals surface area (Å²) in [6, 6.07) is 8.80. The van der Waals surface area contributed by atoms with Gasteiger partial charge in [0.1, 0.15) is 0 Å². The van der Waals surface area contributed by atoms with Crippen molar-refractivity contribution in [2.24, 2.45) is 4.99 Å². The van der Waals surface area contributed by atoms with Gasteiger partial charge in [0, 0.05) is 64.6 Å². The molecule has 1 atom stereocenters. The SMILES string of the molecule is CCNC(=NCCCN1CCN(c2cccc(C)c2)CC1)N1CC[C@@H](O)C1. The summed E-state index contributed by atoms with van der Waals surface area (Å²) >= 11 is 0. The quantitative estimate of drug-likeness (QED) is 0.450. The van der Waals surface area contributed by atoms with Gasteiger partial charge in [-0.3, -0.25) is 9.89 Å². The van der Waals surface area contributed by atoms with Gasteiger partial charge in [-0.15, -0.1) is 0 Å². The molecule has 0 aliphatic carbocycles. The van der Waals surface area contributed by atoms with Crippen molar-refractivity contribution in [2.75, 3.05) is 63.8 Å². The van der Waals surface area contributed by atoms with E-state index in [2.05, 4.69) is 58.1 Å². The number of hydrogen-bond acceptors (Lipinski definition) is 4. The molecule has 1 aromatic carbocycles. The van der Waals surface area contributed by atoms with E-state index in [0.717, 1.165) is 71.2 Å². The van der Waals surface area contributed by atoms with Crippen LogP contribution in [0.3, 0.4) is 0 Å². The van der Waals surface area contributed by atoms with Crippen molar-refractivity contribution in [3.8, 4) is 0 Å². The Labute approximate surface area is 163 Å². The molecule has 0 bridgehead atoms. The van der Waals surface area contributed by atoms with Gasteiger partial charge in [-0.25, -0.2) is 0 Å². The average molecular weight is 374 g/mol. The molecule has 2 aliphatic heterocycles. The van der Waals surface area contributed by atoms with Crippen LogP contribution in [0.4, 0.5) is 5.69 Å². The largest absolute Gasteiger partial charge is 0.391 e. The van der Waals surface area contributed by atoms with Crippen LogP contribution in [0.25, 0.3) is 0 Å². The highest BCUT2D eigenvalue weighted by Crippen LogP contribution is 2.17. The number of benzene rings is 1. The molecule has 27 heavy (non-hydrogen) atoms. The summed E-state index contributed by atoms with van der Waals surface area (Å²) in [5, 5.41) is 13.1. The van der Waals surface area contributed by atoms with E-state index >= 15 is 0 Å². The van der Waals surface area contributed by atoms with Crippen molar-refractivity contribution in [3.63, 3.8) is 0 Å². The van der Waals surface area contributed by atoms with Crippen LogP contribution in [-0.4, -0.2) is 85.9 Å².